The van der Waals surface area contributed by atoms with Crippen LogP contribution in [-0.4, -0.2) is 17.6 Å². The Morgan fingerprint density at radius 3 is 2.71 bits per heavy atom. The van der Waals surface area contributed by atoms with Crippen LogP contribution in [0.3, 0.4) is 0 Å². The molecule has 0 aliphatic carbocycles. The van der Waals surface area contributed by atoms with Gasteiger partial charge in [-0.1, -0.05) is 31.9 Å². The van der Waals surface area contributed by atoms with Gasteiger partial charge in [0.15, 0.2) is 0 Å². The highest BCUT2D eigenvalue weighted by molar-refractivity contribution is 9.10. The molecule has 1 aromatic rings. The van der Waals surface area contributed by atoms with Gasteiger partial charge >= 0.3 is 0 Å². The molecule has 2 nitrogen and oxygen atoms in total. The van der Waals surface area contributed by atoms with E-state index in [9.17, 15) is 0 Å². The summed E-state index contributed by atoms with van der Waals surface area (Å²) < 4.78 is 0.922. The summed E-state index contributed by atoms with van der Waals surface area (Å²) in [7, 11) is 0. The Kier molecular flexibility index (Phi) is 6.28. The number of aromatic nitrogens is 1. The third-order valence-corrected chi connectivity index (χ3v) is 3.65. The van der Waals surface area contributed by atoms with Crippen molar-refractivity contribution < 1.29 is 0 Å². The largest absolute Gasteiger partial charge is 0.353 e. The second kappa shape index (κ2) is 7.22. The lowest BCUT2D eigenvalue weighted by molar-refractivity contribution is 0.590. The molecule has 0 saturated heterocycles. The molecule has 17 heavy (non-hydrogen) atoms. The second-order valence-corrected chi connectivity index (χ2v) is 5.59. The van der Waals surface area contributed by atoms with Crippen LogP contribution in [-0.2, 0) is 0 Å². The Bertz CT molecular complexity index is 357. The van der Waals surface area contributed by atoms with Crippen molar-refractivity contribution in [2.45, 2.75) is 46.1 Å². The van der Waals surface area contributed by atoms with Crippen molar-refractivity contribution in [1.82, 2.24) is 4.98 Å². The number of rotatable bonds is 6. The number of halogens is 2. The highest BCUT2D eigenvalue weighted by atomic mass is 79.9. The van der Waals surface area contributed by atoms with Crippen molar-refractivity contribution in [2.75, 3.05) is 11.4 Å². The van der Waals surface area contributed by atoms with Gasteiger partial charge in [-0.05, 0) is 41.8 Å². The zero-order chi connectivity index (χ0) is 12.8. The molecule has 0 bridgehead atoms. The summed E-state index contributed by atoms with van der Waals surface area (Å²) in [5, 5.41) is 0.718. The topological polar surface area (TPSA) is 16.1 Å². The zero-order valence-corrected chi connectivity index (χ0v) is 13.1. The lowest BCUT2D eigenvalue weighted by Gasteiger charge is -2.30. The highest BCUT2D eigenvalue weighted by Crippen LogP contribution is 2.28. The third-order valence-electron chi connectivity index (χ3n) is 2.94. The van der Waals surface area contributed by atoms with Crippen molar-refractivity contribution in [3.05, 3.63) is 21.8 Å². The predicted octanol–water partition coefficient (Wildman–Crippen LogP) is 4.90. The van der Waals surface area contributed by atoms with Crippen LogP contribution >= 0.6 is 27.5 Å². The fourth-order valence-electron chi connectivity index (χ4n) is 1.70. The summed E-state index contributed by atoms with van der Waals surface area (Å²) >= 11 is 9.66. The van der Waals surface area contributed by atoms with Gasteiger partial charge in [0.2, 0.25) is 0 Å². The maximum atomic E-state index is 6.27. The summed E-state index contributed by atoms with van der Waals surface area (Å²) in [5.74, 6) is 0.901. The summed E-state index contributed by atoms with van der Waals surface area (Å²) in [6, 6.07) is 2.37. The van der Waals surface area contributed by atoms with E-state index in [-0.39, 0.29) is 0 Å². The van der Waals surface area contributed by atoms with Crippen LogP contribution in [0, 0.1) is 0 Å². The van der Waals surface area contributed by atoms with Gasteiger partial charge in [-0.25, -0.2) is 4.98 Å². The first kappa shape index (κ1) is 14.8. The minimum Gasteiger partial charge on any atom is -0.353 e. The zero-order valence-electron chi connectivity index (χ0n) is 10.7. The minimum atomic E-state index is 0.465. The van der Waals surface area contributed by atoms with Gasteiger partial charge < -0.3 is 4.90 Å². The van der Waals surface area contributed by atoms with Crippen molar-refractivity contribution in [1.29, 1.82) is 0 Å². The van der Waals surface area contributed by atoms with E-state index in [1.165, 1.54) is 12.8 Å². The van der Waals surface area contributed by atoms with Crippen molar-refractivity contribution in [3.63, 3.8) is 0 Å². The summed E-state index contributed by atoms with van der Waals surface area (Å²) in [4.78, 5) is 6.75. The Labute approximate surface area is 118 Å². The van der Waals surface area contributed by atoms with E-state index in [4.69, 9.17) is 11.6 Å². The smallest absolute Gasteiger partial charge is 0.147 e. The van der Waals surface area contributed by atoms with Crippen molar-refractivity contribution in [2.24, 2.45) is 0 Å². The van der Waals surface area contributed by atoms with E-state index >= 15 is 0 Å². The first-order valence-electron chi connectivity index (χ1n) is 6.17. The molecule has 1 atom stereocenters. The van der Waals surface area contributed by atoms with Crippen LogP contribution < -0.4 is 4.90 Å². The molecule has 0 fully saturated rings. The molecule has 0 amide bonds. The fourth-order valence-corrected chi connectivity index (χ4v) is 2.44. The number of hydrogen-bond acceptors (Lipinski definition) is 2. The molecule has 1 aromatic heterocycles. The van der Waals surface area contributed by atoms with Crippen LogP contribution in [0.4, 0.5) is 5.82 Å². The van der Waals surface area contributed by atoms with Gasteiger partial charge in [-0.2, -0.15) is 0 Å². The Hall–Kier alpha value is -0.280. The monoisotopic (exact) mass is 318 g/mol. The van der Waals surface area contributed by atoms with Gasteiger partial charge in [0.1, 0.15) is 5.82 Å². The molecule has 0 aromatic carbocycles. The van der Waals surface area contributed by atoms with Crippen molar-refractivity contribution >= 4 is 33.3 Å². The standard InChI is InChI=1S/C13H20BrClN2/c1-4-6-7-17(10(3)5-2)13-12(15)8-11(14)9-16-13/h8-10H,4-7H2,1-3H3. The molecule has 0 spiro atoms. The van der Waals surface area contributed by atoms with Gasteiger partial charge in [0.05, 0.1) is 5.02 Å². The van der Waals surface area contributed by atoms with E-state index in [2.05, 4.69) is 46.6 Å². The molecule has 4 heteroatoms. The number of hydrogen-bond donors (Lipinski definition) is 0. The van der Waals surface area contributed by atoms with Gasteiger partial charge in [0.25, 0.3) is 0 Å². The highest BCUT2D eigenvalue weighted by Gasteiger charge is 2.16. The Morgan fingerprint density at radius 1 is 1.47 bits per heavy atom. The van der Waals surface area contributed by atoms with Crippen LogP contribution in [0.5, 0.6) is 0 Å². The molecule has 0 saturated carbocycles. The molecule has 0 aliphatic rings. The molecular weight excluding hydrogens is 300 g/mol. The quantitative estimate of drug-likeness (QED) is 0.741. The maximum Gasteiger partial charge on any atom is 0.147 e. The van der Waals surface area contributed by atoms with Crippen LogP contribution in [0.15, 0.2) is 16.7 Å². The van der Waals surface area contributed by atoms with Crippen molar-refractivity contribution in [3.8, 4) is 0 Å². The van der Waals surface area contributed by atoms with Crippen LogP contribution in [0.2, 0.25) is 5.02 Å². The summed E-state index contributed by atoms with van der Waals surface area (Å²) in [6.07, 6.45) is 5.25. The number of nitrogens with zero attached hydrogens (tertiary/aromatic N) is 2. The number of pyridine rings is 1. The number of anilines is 1. The Balaban J connectivity index is 2.95. The summed E-state index contributed by atoms with van der Waals surface area (Å²) in [5.41, 5.74) is 0. The lowest BCUT2D eigenvalue weighted by Crippen LogP contribution is -2.34. The normalized spacial score (nSPS) is 12.5. The van der Waals surface area contributed by atoms with E-state index in [0.29, 0.717) is 6.04 Å². The number of unbranched alkanes of at least 4 members (excludes halogenated alkanes) is 1. The van der Waals surface area contributed by atoms with E-state index in [1.54, 1.807) is 0 Å². The fraction of sp³-hybridized carbons (Fsp3) is 0.615. The van der Waals surface area contributed by atoms with Gasteiger partial charge in [0, 0.05) is 23.3 Å². The maximum absolute atomic E-state index is 6.27. The third kappa shape index (κ3) is 4.14. The van der Waals surface area contributed by atoms with Crippen LogP contribution in [0.1, 0.15) is 40.0 Å². The molecule has 0 radical (unpaired) electrons. The average Bonchev–Trinajstić information content (AvgIpc) is 2.31. The molecule has 96 valence electrons. The summed E-state index contributed by atoms with van der Waals surface area (Å²) in [6.45, 7) is 7.62. The first-order valence-corrected chi connectivity index (χ1v) is 7.34. The molecule has 1 heterocycles. The van der Waals surface area contributed by atoms with Gasteiger partial charge in [-0.15, -0.1) is 0 Å². The minimum absolute atomic E-state index is 0.465. The molecule has 1 rings (SSSR count). The molecular formula is C13H20BrClN2. The second-order valence-electron chi connectivity index (χ2n) is 4.26. The first-order chi connectivity index (χ1) is 8.10. The molecule has 1 unspecified atom stereocenters. The molecule has 0 aliphatic heterocycles. The predicted molar refractivity (Wildman–Crippen MR) is 79.0 cm³/mol. The Morgan fingerprint density at radius 2 is 2.18 bits per heavy atom. The van der Waals surface area contributed by atoms with E-state index in [0.717, 1.165) is 28.3 Å². The molecule has 0 N–H and O–H groups in total. The van der Waals surface area contributed by atoms with Gasteiger partial charge in [-0.3, -0.25) is 0 Å². The van der Waals surface area contributed by atoms with E-state index in [1.807, 2.05) is 12.3 Å². The van der Waals surface area contributed by atoms with Crippen LogP contribution in [0.25, 0.3) is 0 Å². The van der Waals surface area contributed by atoms with E-state index < -0.39 is 0 Å². The SMILES string of the molecule is CCCCN(c1ncc(Br)cc1Cl)C(C)CC. The average molecular weight is 320 g/mol. The lowest BCUT2D eigenvalue weighted by atomic mass is 10.2.